The summed E-state index contributed by atoms with van der Waals surface area (Å²) < 4.78 is 0. The van der Waals surface area contributed by atoms with E-state index < -0.39 is 0 Å². The van der Waals surface area contributed by atoms with Crippen molar-refractivity contribution in [2.45, 2.75) is 40.2 Å². The van der Waals surface area contributed by atoms with Crippen molar-refractivity contribution in [3.8, 4) is 0 Å². The topological polar surface area (TPSA) is 37.0 Å². The van der Waals surface area contributed by atoms with Crippen LogP contribution in [0.25, 0.3) is 0 Å². The molecule has 1 atom stereocenters. The number of aromatic nitrogens is 1. The van der Waals surface area contributed by atoms with E-state index in [1.54, 1.807) is 0 Å². The van der Waals surface area contributed by atoms with Gasteiger partial charge in [-0.2, -0.15) is 0 Å². The monoisotopic (exact) mass is 313 g/mol. The summed E-state index contributed by atoms with van der Waals surface area (Å²) in [7, 11) is 0. The molecule has 116 valence electrons. The summed E-state index contributed by atoms with van der Waals surface area (Å²) in [6, 6.07) is 12.6. The van der Waals surface area contributed by atoms with Gasteiger partial charge in [0.05, 0.1) is 6.04 Å². The number of aryl methyl sites for hydroxylation is 3. The Labute approximate surface area is 138 Å². The average Bonchev–Trinajstić information content (AvgIpc) is 2.45. The van der Waals surface area contributed by atoms with Gasteiger partial charge in [0.15, 0.2) is 5.11 Å². The van der Waals surface area contributed by atoms with E-state index in [1.165, 1.54) is 16.7 Å². The van der Waals surface area contributed by atoms with Crippen molar-refractivity contribution in [3.05, 3.63) is 58.8 Å². The molecule has 22 heavy (non-hydrogen) atoms. The summed E-state index contributed by atoms with van der Waals surface area (Å²) in [5.74, 6) is 0.771. The van der Waals surface area contributed by atoms with Crippen LogP contribution in [0.5, 0.6) is 0 Å². The van der Waals surface area contributed by atoms with Crippen LogP contribution in [-0.2, 0) is 0 Å². The largest absolute Gasteiger partial charge is 0.356 e. The van der Waals surface area contributed by atoms with Crippen molar-refractivity contribution in [3.63, 3.8) is 0 Å². The molecule has 0 spiro atoms. The zero-order chi connectivity index (χ0) is 16.1. The van der Waals surface area contributed by atoms with Crippen LogP contribution in [0.15, 0.2) is 36.4 Å². The van der Waals surface area contributed by atoms with Gasteiger partial charge in [-0.1, -0.05) is 36.8 Å². The quantitative estimate of drug-likeness (QED) is 0.818. The second-order valence-electron chi connectivity index (χ2n) is 5.58. The van der Waals surface area contributed by atoms with Gasteiger partial charge in [-0.05, 0) is 62.7 Å². The van der Waals surface area contributed by atoms with Gasteiger partial charge in [0.2, 0.25) is 0 Å². The molecule has 0 saturated heterocycles. The van der Waals surface area contributed by atoms with E-state index in [2.05, 4.69) is 54.6 Å². The molecular formula is C18H23N3S. The SMILES string of the molecule is CCC(NC(=S)Nc1cccc(C)n1)c1ccc(C)cc1C. The Morgan fingerprint density at radius 1 is 1.18 bits per heavy atom. The fraction of sp³-hybridized carbons (Fsp3) is 0.333. The lowest BCUT2D eigenvalue weighted by molar-refractivity contribution is 0.625. The first-order chi connectivity index (χ1) is 10.5. The molecular weight excluding hydrogens is 290 g/mol. The van der Waals surface area contributed by atoms with Crippen LogP contribution in [-0.4, -0.2) is 10.1 Å². The van der Waals surface area contributed by atoms with E-state index in [-0.39, 0.29) is 6.04 Å². The van der Waals surface area contributed by atoms with E-state index in [0.717, 1.165) is 17.9 Å². The van der Waals surface area contributed by atoms with Gasteiger partial charge in [-0.3, -0.25) is 0 Å². The molecule has 0 aliphatic heterocycles. The highest BCUT2D eigenvalue weighted by Gasteiger charge is 2.13. The van der Waals surface area contributed by atoms with Gasteiger partial charge in [0.25, 0.3) is 0 Å². The lowest BCUT2D eigenvalue weighted by Crippen LogP contribution is -2.32. The van der Waals surface area contributed by atoms with E-state index in [9.17, 15) is 0 Å². The molecule has 3 nitrogen and oxygen atoms in total. The van der Waals surface area contributed by atoms with Gasteiger partial charge in [0, 0.05) is 5.69 Å². The first-order valence-corrected chi connectivity index (χ1v) is 7.98. The predicted octanol–water partition coefficient (Wildman–Crippen LogP) is 4.44. The number of hydrogen-bond donors (Lipinski definition) is 2. The Hall–Kier alpha value is -1.94. The molecule has 0 fully saturated rings. The number of benzene rings is 1. The molecule has 2 N–H and O–H groups in total. The average molecular weight is 313 g/mol. The third-order valence-electron chi connectivity index (χ3n) is 3.64. The van der Waals surface area contributed by atoms with Crippen LogP contribution in [0.4, 0.5) is 5.82 Å². The van der Waals surface area contributed by atoms with E-state index in [0.29, 0.717) is 5.11 Å². The van der Waals surface area contributed by atoms with Crippen LogP contribution in [0.2, 0.25) is 0 Å². The first-order valence-electron chi connectivity index (χ1n) is 7.58. The van der Waals surface area contributed by atoms with Crippen LogP contribution < -0.4 is 10.6 Å². The number of nitrogens with one attached hydrogen (secondary N) is 2. The molecule has 0 aliphatic carbocycles. The van der Waals surface area contributed by atoms with Gasteiger partial charge in [-0.15, -0.1) is 0 Å². The van der Waals surface area contributed by atoms with Crippen LogP contribution >= 0.6 is 12.2 Å². The maximum absolute atomic E-state index is 5.43. The summed E-state index contributed by atoms with van der Waals surface area (Å²) in [6.07, 6.45) is 0.965. The molecule has 1 unspecified atom stereocenters. The molecule has 0 bridgehead atoms. The minimum Gasteiger partial charge on any atom is -0.356 e. The van der Waals surface area contributed by atoms with Gasteiger partial charge in [0.1, 0.15) is 5.82 Å². The minimum absolute atomic E-state index is 0.199. The Morgan fingerprint density at radius 3 is 2.59 bits per heavy atom. The fourth-order valence-electron chi connectivity index (χ4n) is 2.54. The number of anilines is 1. The van der Waals surface area contributed by atoms with Crippen molar-refractivity contribution in [1.82, 2.24) is 10.3 Å². The Kier molecular flexibility index (Phi) is 5.50. The molecule has 0 amide bonds. The maximum atomic E-state index is 5.43. The highest BCUT2D eigenvalue weighted by atomic mass is 32.1. The van der Waals surface area contributed by atoms with Crippen LogP contribution in [0.1, 0.15) is 41.8 Å². The highest BCUT2D eigenvalue weighted by molar-refractivity contribution is 7.80. The molecule has 1 aromatic heterocycles. The summed E-state index contributed by atoms with van der Waals surface area (Å²) in [5, 5.41) is 7.15. The second kappa shape index (κ2) is 7.36. The second-order valence-corrected chi connectivity index (χ2v) is 5.99. The summed E-state index contributed by atoms with van der Waals surface area (Å²) >= 11 is 5.43. The Morgan fingerprint density at radius 2 is 1.95 bits per heavy atom. The molecule has 2 rings (SSSR count). The van der Waals surface area contributed by atoms with Gasteiger partial charge < -0.3 is 10.6 Å². The Bertz CT molecular complexity index is 667. The standard InChI is InChI=1S/C18H23N3S/c1-5-16(15-10-9-12(2)11-13(15)3)20-18(22)21-17-8-6-7-14(4)19-17/h6-11,16H,5H2,1-4H3,(H2,19,20,21,22). The van der Waals surface area contributed by atoms with Crippen molar-refractivity contribution in [2.24, 2.45) is 0 Å². The maximum Gasteiger partial charge on any atom is 0.172 e. The van der Waals surface area contributed by atoms with E-state index in [4.69, 9.17) is 12.2 Å². The lowest BCUT2D eigenvalue weighted by atomic mass is 9.98. The normalized spacial score (nSPS) is 11.8. The van der Waals surface area contributed by atoms with Crippen molar-refractivity contribution < 1.29 is 0 Å². The van der Waals surface area contributed by atoms with Gasteiger partial charge >= 0.3 is 0 Å². The number of nitrogens with zero attached hydrogens (tertiary/aromatic N) is 1. The molecule has 2 aromatic rings. The first kappa shape index (κ1) is 16.4. The molecule has 0 aliphatic rings. The lowest BCUT2D eigenvalue weighted by Gasteiger charge is -2.22. The number of hydrogen-bond acceptors (Lipinski definition) is 2. The van der Waals surface area contributed by atoms with Gasteiger partial charge in [-0.25, -0.2) is 4.98 Å². The molecule has 0 saturated carbocycles. The van der Waals surface area contributed by atoms with E-state index in [1.807, 2.05) is 25.1 Å². The number of rotatable bonds is 4. The molecule has 0 radical (unpaired) electrons. The third-order valence-corrected chi connectivity index (χ3v) is 3.86. The molecule has 4 heteroatoms. The van der Waals surface area contributed by atoms with Crippen molar-refractivity contribution in [1.29, 1.82) is 0 Å². The van der Waals surface area contributed by atoms with Crippen LogP contribution in [0.3, 0.4) is 0 Å². The van der Waals surface area contributed by atoms with Crippen molar-refractivity contribution in [2.75, 3.05) is 5.32 Å². The minimum atomic E-state index is 0.199. The molecule has 1 heterocycles. The molecule has 1 aromatic carbocycles. The summed E-state index contributed by atoms with van der Waals surface area (Å²) in [5.41, 5.74) is 4.82. The smallest absolute Gasteiger partial charge is 0.172 e. The fourth-order valence-corrected chi connectivity index (χ4v) is 2.79. The van der Waals surface area contributed by atoms with E-state index >= 15 is 0 Å². The van der Waals surface area contributed by atoms with Crippen LogP contribution in [0, 0.1) is 20.8 Å². The highest BCUT2D eigenvalue weighted by Crippen LogP contribution is 2.21. The predicted molar refractivity (Wildman–Crippen MR) is 97.3 cm³/mol. The zero-order valence-corrected chi connectivity index (χ0v) is 14.4. The third kappa shape index (κ3) is 4.28. The number of thiocarbonyl (C=S) groups is 1. The summed E-state index contributed by atoms with van der Waals surface area (Å²) in [4.78, 5) is 4.41. The Balaban J connectivity index is 2.08. The zero-order valence-electron chi connectivity index (χ0n) is 13.6. The van der Waals surface area contributed by atoms with Crippen molar-refractivity contribution >= 4 is 23.1 Å². The number of pyridine rings is 1. The summed E-state index contributed by atoms with van der Waals surface area (Å²) in [6.45, 7) is 8.38.